The molecule has 9 heteroatoms. The third kappa shape index (κ3) is 3.44. The lowest BCUT2D eigenvalue weighted by atomic mass is 10.0. The molecule has 0 aliphatic carbocycles. The molecule has 0 aliphatic rings. The number of rotatable bonds is 4. The fraction of sp³-hybridized carbons (Fsp3) is 0.278. The molecular weight excluding hydrogens is 361 g/mol. The van der Waals surface area contributed by atoms with Crippen LogP contribution in [0.5, 0.6) is 0 Å². The van der Waals surface area contributed by atoms with Crippen LogP contribution >= 0.6 is 0 Å². The van der Waals surface area contributed by atoms with Crippen LogP contribution in [-0.2, 0) is 6.18 Å². The number of benzene rings is 1. The number of fused-ring (bicyclic) bond motifs is 1. The number of hydrogen-bond donors (Lipinski definition) is 2. The Labute approximate surface area is 152 Å². The van der Waals surface area contributed by atoms with Gasteiger partial charge in [-0.15, -0.1) is 0 Å². The van der Waals surface area contributed by atoms with Gasteiger partial charge in [-0.1, -0.05) is 0 Å². The van der Waals surface area contributed by atoms with E-state index in [1.165, 1.54) is 18.2 Å². The number of carboxylic acid groups (broad SMARTS) is 1. The summed E-state index contributed by atoms with van der Waals surface area (Å²) in [6, 6.07) is 5.93. The van der Waals surface area contributed by atoms with Crippen molar-refractivity contribution < 1.29 is 23.1 Å². The first-order valence-electron chi connectivity index (χ1n) is 8.11. The van der Waals surface area contributed by atoms with E-state index < -0.39 is 17.8 Å². The number of H-pyrrole nitrogens is 1. The topological polar surface area (TPSA) is 82.1 Å². The van der Waals surface area contributed by atoms with E-state index in [1.54, 1.807) is 18.0 Å². The zero-order valence-electron chi connectivity index (χ0n) is 14.8. The average molecular weight is 378 g/mol. The van der Waals surface area contributed by atoms with Crippen molar-refractivity contribution >= 4 is 22.6 Å². The lowest BCUT2D eigenvalue weighted by molar-refractivity contribution is -0.140. The van der Waals surface area contributed by atoms with Gasteiger partial charge < -0.3 is 10.0 Å². The number of aromatic nitrogens is 3. The highest BCUT2D eigenvalue weighted by molar-refractivity contribution is 5.96. The van der Waals surface area contributed by atoms with Gasteiger partial charge in [-0.2, -0.15) is 18.3 Å². The largest absolute Gasteiger partial charge is 0.478 e. The first kappa shape index (κ1) is 18.7. The van der Waals surface area contributed by atoms with Crippen molar-refractivity contribution in [2.75, 3.05) is 11.9 Å². The number of nitrogens with zero attached hydrogens (tertiary/aromatic N) is 3. The molecule has 0 fully saturated rings. The van der Waals surface area contributed by atoms with Gasteiger partial charge in [0.25, 0.3) is 0 Å². The SMILES string of the molecule is CC(C)N(C)c1cc2cc(C(=O)O)ccc2nc1-c1cn[nH]c1C(F)(F)F. The van der Waals surface area contributed by atoms with Crippen molar-refractivity contribution in [2.45, 2.75) is 26.1 Å². The van der Waals surface area contributed by atoms with Crippen LogP contribution in [0.4, 0.5) is 18.9 Å². The Bertz CT molecular complexity index is 1010. The van der Waals surface area contributed by atoms with E-state index in [0.717, 1.165) is 6.20 Å². The second-order valence-electron chi connectivity index (χ2n) is 6.43. The first-order valence-corrected chi connectivity index (χ1v) is 8.11. The predicted octanol–water partition coefficient (Wildman–Crippen LogP) is 4.19. The Balaban J connectivity index is 2.31. The lowest BCUT2D eigenvalue weighted by Crippen LogP contribution is -2.26. The first-order chi connectivity index (χ1) is 12.6. The fourth-order valence-electron chi connectivity index (χ4n) is 2.73. The zero-order valence-corrected chi connectivity index (χ0v) is 14.8. The number of carbonyl (C=O) groups is 1. The third-order valence-corrected chi connectivity index (χ3v) is 4.37. The minimum Gasteiger partial charge on any atom is -0.478 e. The Morgan fingerprint density at radius 2 is 1.96 bits per heavy atom. The molecule has 0 spiro atoms. The quantitative estimate of drug-likeness (QED) is 0.712. The lowest BCUT2D eigenvalue weighted by Gasteiger charge is -2.26. The summed E-state index contributed by atoms with van der Waals surface area (Å²) in [5.41, 5.74) is -0.0846. The molecule has 2 aromatic heterocycles. The van der Waals surface area contributed by atoms with Crippen molar-refractivity contribution in [1.82, 2.24) is 15.2 Å². The molecular formula is C18H17F3N4O2. The van der Waals surface area contributed by atoms with Crippen LogP contribution in [-0.4, -0.2) is 39.3 Å². The maximum atomic E-state index is 13.3. The number of pyridine rings is 1. The molecule has 0 unspecified atom stereocenters. The van der Waals surface area contributed by atoms with Crippen LogP contribution < -0.4 is 4.90 Å². The van der Waals surface area contributed by atoms with E-state index in [1.807, 2.05) is 18.9 Å². The van der Waals surface area contributed by atoms with E-state index in [-0.39, 0.29) is 22.9 Å². The van der Waals surface area contributed by atoms with Crippen LogP contribution in [0.2, 0.25) is 0 Å². The number of carboxylic acids is 1. The molecule has 3 aromatic rings. The van der Waals surface area contributed by atoms with Crippen LogP contribution in [0.3, 0.4) is 0 Å². The second-order valence-corrected chi connectivity index (χ2v) is 6.43. The highest BCUT2D eigenvalue weighted by Crippen LogP contribution is 2.39. The third-order valence-electron chi connectivity index (χ3n) is 4.37. The molecule has 0 saturated heterocycles. The number of aromatic carboxylic acids is 1. The minimum absolute atomic E-state index is 0.0214. The van der Waals surface area contributed by atoms with Gasteiger partial charge in [0.2, 0.25) is 0 Å². The van der Waals surface area contributed by atoms with Crippen molar-refractivity contribution in [3.63, 3.8) is 0 Å². The van der Waals surface area contributed by atoms with Gasteiger partial charge in [-0.3, -0.25) is 5.10 Å². The number of nitrogens with one attached hydrogen (secondary N) is 1. The molecule has 1 aromatic carbocycles. The van der Waals surface area contributed by atoms with Gasteiger partial charge in [0.1, 0.15) is 5.69 Å². The average Bonchev–Trinajstić information content (AvgIpc) is 3.09. The Morgan fingerprint density at radius 3 is 2.56 bits per heavy atom. The molecule has 2 N–H and O–H groups in total. The number of aromatic amines is 1. The standard InChI is InChI=1S/C18H17F3N4O2/c1-9(2)25(3)14-7-11-6-10(17(26)27)4-5-13(11)23-15(14)12-8-22-24-16(12)18(19,20)21/h4-9H,1-3H3,(H,22,24)(H,26,27). The van der Waals surface area contributed by atoms with E-state index in [4.69, 9.17) is 0 Å². The summed E-state index contributed by atoms with van der Waals surface area (Å²) in [5, 5.41) is 15.2. The van der Waals surface area contributed by atoms with Crippen molar-refractivity contribution in [3.05, 3.63) is 41.7 Å². The van der Waals surface area contributed by atoms with E-state index in [0.29, 0.717) is 16.6 Å². The molecule has 142 valence electrons. The summed E-state index contributed by atoms with van der Waals surface area (Å²) in [4.78, 5) is 17.4. The summed E-state index contributed by atoms with van der Waals surface area (Å²) in [5.74, 6) is -1.09. The number of halogens is 3. The Hall–Kier alpha value is -3.10. The van der Waals surface area contributed by atoms with Gasteiger partial charge in [0.05, 0.1) is 34.2 Å². The summed E-state index contributed by atoms with van der Waals surface area (Å²) in [6.45, 7) is 3.78. The number of alkyl halides is 3. The summed E-state index contributed by atoms with van der Waals surface area (Å²) >= 11 is 0. The Morgan fingerprint density at radius 1 is 1.26 bits per heavy atom. The van der Waals surface area contributed by atoms with Crippen molar-refractivity contribution in [3.8, 4) is 11.3 Å². The van der Waals surface area contributed by atoms with Gasteiger partial charge in [0.15, 0.2) is 0 Å². The second kappa shape index (κ2) is 6.57. The number of hydrogen-bond acceptors (Lipinski definition) is 4. The molecule has 0 radical (unpaired) electrons. The van der Waals surface area contributed by atoms with E-state index in [2.05, 4.69) is 10.1 Å². The van der Waals surface area contributed by atoms with Gasteiger partial charge in [-0.05, 0) is 38.1 Å². The monoisotopic (exact) mass is 378 g/mol. The van der Waals surface area contributed by atoms with Crippen LogP contribution in [0.25, 0.3) is 22.2 Å². The fourth-order valence-corrected chi connectivity index (χ4v) is 2.73. The molecule has 27 heavy (non-hydrogen) atoms. The van der Waals surface area contributed by atoms with Gasteiger partial charge >= 0.3 is 12.1 Å². The predicted molar refractivity (Wildman–Crippen MR) is 94.8 cm³/mol. The zero-order chi connectivity index (χ0) is 19.9. The van der Waals surface area contributed by atoms with Gasteiger partial charge in [-0.25, -0.2) is 9.78 Å². The molecule has 0 saturated carbocycles. The van der Waals surface area contributed by atoms with Crippen LogP contribution in [0.1, 0.15) is 29.9 Å². The molecule has 3 rings (SSSR count). The smallest absolute Gasteiger partial charge is 0.433 e. The molecule has 0 bridgehead atoms. The Kier molecular flexibility index (Phi) is 4.54. The normalized spacial score (nSPS) is 12.0. The van der Waals surface area contributed by atoms with E-state index >= 15 is 0 Å². The van der Waals surface area contributed by atoms with Gasteiger partial charge in [0, 0.05) is 18.5 Å². The highest BCUT2D eigenvalue weighted by Gasteiger charge is 2.37. The summed E-state index contributed by atoms with van der Waals surface area (Å²) in [7, 11) is 1.74. The minimum atomic E-state index is -4.61. The molecule has 2 heterocycles. The number of anilines is 1. The molecule has 6 nitrogen and oxygen atoms in total. The van der Waals surface area contributed by atoms with E-state index in [9.17, 15) is 23.1 Å². The molecule has 0 atom stereocenters. The van der Waals surface area contributed by atoms with Crippen molar-refractivity contribution in [2.24, 2.45) is 0 Å². The molecule has 0 amide bonds. The van der Waals surface area contributed by atoms with Crippen molar-refractivity contribution in [1.29, 1.82) is 0 Å². The van der Waals surface area contributed by atoms with Crippen LogP contribution in [0.15, 0.2) is 30.5 Å². The maximum Gasteiger partial charge on any atom is 0.433 e. The van der Waals surface area contributed by atoms with Crippen LogP contribution in [0, 0.1) is 0 Å². The highest BCUT2D eigenvalue weighted by atomic mass is 19.4. The molecule has 0 aliphatic heterocycles. The summed E-state index contributed by atoms with van der Waals surface area (Å²) < 4.78 is 40.0. The maximum absolute atomic E-state index is 13.3. The summed E-state index contributed by atoms with van der Waals surface area (Å²) in [6.07, 6.45) is -3.51.